The predicted octanol–water partition coefficient (Wildman–Crippen LogP) is 3.61. The molecule has 0 saturated carbocycles. The molecule has 0 aliphatic carbocycles. The van der Waals surface area contributed by atoms with Crippen LogP contribution in [0.15, 0.2) is 53.9 Å². The number of nitrogens with one attached hydrogen (secondary N) is 2. The summed E-state index contributed by atoms with van der Waals surface area (Å²) in [5.41, 5.74) is 3.33. The minimum absolute atomic E-state index is 0.0523. The number of benzene rings is 2. The molecule has 0 aliphatic rings. The number of rotatable bonds is 7. The molecule has 0 atom stereocenters. The molecule has 8 heteroatoms. The third kappa shape index (κ3) is 4.87. The highest BCUT2D eigenvalue weighted by molar-refractivity contribution is 7.88. The Hall–Kier alpha value is -2.29. The first-order chi connectivity index (χ1) is 12.4. The Morgan fingerprint density at radius 2 is 1.85 bits per heavy atom. The van der Waals surface area contributed by atoms with Gasteiger partial charge in [-0.2, -0.15) is 0 Å². The summed E-state index contributed by atoms with van der Waals surface area (Å²) in [6, 6.07) is 13.6. The third-order valence-electron chi connectivity index (χ3n) is 3.75. The number of sulfonamides is 1. The number of anilines is 1. The Morgan fingerprint density at radius 3 is 2.58 bits per heavy atom. The predicted molar refractivity (Wildman–Crippen MR) is 103 cm³/mol. The van der Waals surface area contributed by atoms with Gasteiger partial charge < -0.3 is 5.32 Å². The summed E-state index contributed by atoms with van der Waals surface area (Å²) in [6.45, 7) is 0.532. The van der Waals surface area contributed by atoms with E-state index in [4.69, 9.17) is 0 Å². The van der Waals surface area contributed by atoms with E-state index < -0.39 is 10.0 Å². The van der Waals surface area contributed by atoms with Crippen molar-refractivity contribution in [2.45, 2.75) is 12.3 Å². The summed E-state index contributed by atoms with van der Waals surface area (Å²) < 4.78 is 38.6. The fraction of sp³-hybridized carbons (Fsp3) is 0.167. The molecule has 2 N–H and O–H groups in total. The van der Waals surface area contributed by atoms with Crippen molar-refractivity contribution in [3.8, 4) is 11.3 Å². The number of aromatic nitrogens is 1. The van der Waals surface area contributed by atoms with Gasteiger partial charge >= 0.3 is 0 Å². The monoisotopic (exact) mass is 391 g/mol. The first-order valence-corrected chi connectivity index (χ1v) is 10.4. The van der Waals surface area contributed by atoms with Gasteiger partial charge in [-0.25, -0.2) is 22.5 Å². The minimum Gasteiger partial charge on any atom is -0.357 e. The summed E-state index contributed by atoms with van der Waals surface area (Å²) in [4.78, 5) is 4.50. The molecule has 2 aromatic carbocycles. The van der Waals surface area contributed by atoms with E-state index in [0.29, 0.717) is 6.54 Å². The lowest BCUT2D eigenvalue weighted by molar-refractivity contribution is 0.587. The van der Waals surface area contributed by atoms with E-state index in [1.807, 2.05) is 23.6 Å². The van der Waals surface area contributed by atoms with Crippen LogP contribution in [0.2, 0.25) is 0 Å². The molecule has 0 radical (unpaired) electrons. The van der Waals surface area contributed by atoms with Gasteiger partial charge in [0.25, 0.3) is 0 Å². The summed E-state index contributed by atoms with van der Waals surface area (Å²) in [5, 5.41) is 5.89. The second-order valence-corrected chi connectivity index (χ2v) is 8.47. The molecular formula is C18H18FN3O2S2. The zero-order chi connectivity index (χ0) is 18.6. The standard InChI is InChI=1S/C18H18FN3O2S2/c1-20-26(23,24)12-14-4-2-3-13(9-14)10-21-18-22-17(11-25-18)15-5-7-16(19)8-6-15/h2-9,11,20H,10,12H2,1H3,(H,21,22). The summed E-state index contributed by atoms with van der Waals surface area (Å²) in [7, 11) is -1.89. The average molecular weight is 391 g/mol. The van der Waals surface area contributed by atoms with E-state index in [-0.39, 0.29) is 11.6 Å². The van der Waals surface area contributed by atoms with Crippen LogP contribution < -0.4 is 10.0 Å². The van der Waals surface area contributed by atoms with Crippen LogP contribution in [0.5, 0.6) is 0 Å². The van der Waals surface area contributed by atoms with Crippen LogP contribution in [0.4, 0.5) is 9.52 Å². The Bertz CT molecular complexity index is 986. The van der Waals surface area contributed by atoms with Crippen LogP contribution >= 0.6 is 11.3 Å². The van der Waals surface area contributed by atoms with Crippen LogP contribution in [0.3, 0.4) is 0 Å². The number of hydrogen-bond acceptors (Lipinski definition) is 5. The van der Waals surface area contributed by atoms with Crippen LogP contribution in [-0.2, 0) is 22.3 Å². The van der Waals surface area contributed by atoms with Gasteiger partial charge in [0.05, 0.1) is 11.4 Å². The fourth-order valence-corrected chi connectivity index (χ4v) is 3.89. The normalized spacial score (nSPS) is 11.5. The first-order valence-electron chi connectivity index (χ1n) is 7.89. The lowest BCUT2D eigenvalue weighted by Gasteiger charge is -2.07. The van der Waals surface area contributed by atoms with Gasteiger partial charge in [0.15, 0.2) is 5.13 Å². The molecule has 0 bridgehead atoms. The summed E-state index contributed by atoms with van der Waals surface area (Å²) in [5.74, 6) is -0.328. The van der Waals surface area contributed by atoms with E-state index in [1.54, 1.807) is 18.2 Å². The van der Waals surface area contributed by atoms with Gasteiger partial charge in [-0.05, 0) is 42.4 Å². The Kier molecular flexibility index (Phi) is 5.65. The second-order valence-electron chi connectivity index (χ2n) is 5.68. The highest BCUT2D eigenvalue weighted by Gasteiger charge is 2.09. The van der Waals surface area contributed by atoms with Gasteiger partial charge in [0, 0.05) is 17.5 Å². The number of halogens is 1. The quantitative estimate of drug-likeness (QED) is 0.645. The number of thiazole rings is 1. The molecular weight excluding hydrogens is 373 g/mol. The molecule has 1 aromatic heterocycles. The Balaban J connectivity index is 1.65. The largest absolute Gasteiger partial charge is 0.357 e. The molecule has 0 amide bonds. The molecule has 136 valence electrons. The molecule has 3 rings (SSSR count). The summed E-state index contributed by atoms with van der Waals surface area (Å²) in [6.07, 6.45) is 0. The Labute approximate surface area is 156 Å². The molecule has 0 spiro atoms. The number of nitrogens with zero attached hydrogens (tertiary/aromatic N) is 1. The van der Waals surface area contributed by atoms with Gasteiger partial charge in [0.2, 0.25) is 10.0 Å². The molecule has 26 heavy (non-hydrogen) atoms. The van der Waals surface area contributed by atoms with E-state index in [2.05, 4.69) is 15.0 Å². The maximum atomic E-state index is 13.0. The van der Waals surface area contributed by atoms with Crippen LogP contribution in [0.1, 0.15) is 11.1 Å². The van der Waals surface area contributed by atoms with E-state index in [9.17, 15) is 12.8 Å². The average Bonchev–Trinajstić information content (AvgIpc) is 3.10. The van der Waals surface area contributed by atoms with Crippen LogP contribution in [0, 0.1) is 5.82 Å². The van der Waals surface area contributed by atoms with E-state index in [0.717, 1.165) is 27.5 Å². The van der Waals surface area contributed by atoms with E-state index >= 15 is 0 Å². The fourth-order valence-electron chi connectivity index (χ4n) is 2.41. The maximum absolute atomic E-state index is 13.0. The zero-order valence-electron chi connectivity index (χ0n) is 14.1. The van der Waals surface area contributed by atoms with Gasteiger partial charge in [-0.3, -0.25) is 0 Å². The highest BCUT2D eigenvalue weighted by atomic mass is 32.2. The maximum Gasteiger partial charge on any atom is 0.215 e. The highest BCUT2D eigenvalue weighted by Crippen LogP contribution is 2.25. The van der Waals surface area contributed by atoms with Crippen molar-refractivity contribution in [1.82, 2.24) is 9.71 Å². The van der Waals surface area contributed by atoms with Gasteiger partial charge in [-0.1, -0.05) is 24.3 Å². The second kappa shape index (κ2) is 7.94. The number of hydrogen-bond donors (Lipinski definition) is 2. The third-order valence-corrected chi connectivity index (χ3v) is 5.88. The van der Waals surface area contributed by atoms with Crippen LogP contribution in [0.25, 0.3) is 11.3 Å². The van der Waals surface area contributed by atoms with Gasteiger partial charge in [-0.15, -0.1) is 11.3 Å². The molecule has 3 aromatic rings. The van der Waals surface area contributed by atoms with Crippen LogP contribution in [-0.4, -0.2) is 20.4 Å². The molecule has 0 saturated heterocycles. The van der Waals surface area contributed by atoms with Crippen molar-refractivity contribution in [1.29, 1.82) is 0 Å². The lowest BCUT2D eigenvalue weighted by atomic mass is 10.1. The van der Waals surface area contributed by atoms with Crippen molar-refractivity contribution in [3.05, 3.63) is 70.9 Å². The van der Waals surface area contributed by atoms with Crippen molar-refractivity contribution >= 4 is 26.5 Å². The Morgan fingerprint density at radius 1 is 1.12 bits per heavy atom. The molecule has 0 aliphatic heterocycles. The first kappa shape index (κ1) is 18.5. The van der Waals surface area contributed by atoms with Crippen molar-refractivity contribution in [3.63, 3.8) is 0 Å². The van der Waals surface area contributed by atoms with Crippen molar-refractivity contribution in [2.24, 2.45) is 0 Å². The minimum atomic E-state index is -3.29. The topological polar surface area (TPSA) is 71.1 Å². The van der Waals surface area contributed by atoms with Crippen molar-refractivity contribution in [2.75, 3.05) is 12.4 Å². The molecule has 5 nitrogen and oxygen atoms in total. The SMILES string of the molecule is CNS(=O)(=O)Cc1cccc(CNc2nc(-c3ccc(F)cc3)cs2)c1. The van der Waals surface area contributed by atoms with E-state index in [1.165, 1.54) is 30.5 Å². The molecule has 0 unspecified atom stereocenters. The molecule has 0 fully saturated rings. The summed E-state index contributed by atoms with van der Waals surface area (Å²) >= 11 is 1.46. The zero-order valence-corrected chi connectivity index (χ0v) is 15.7. The van der Waals surface area contributed by atoms with Crippen molar-refractivity contribution < 1.29 is 12.8 Å². The molecule has 1 heterocycles. The lowest BCUT2D eigenvalue weighted by Crippen LogP contribution is -2.20. The van der Waals surface area contributed by atoms with Gasteiger partial charge in [0.1, 0.15) is 5.82 Å². The smallest absolute Gasteiger partial charge is 0.215 e.